The second kappa shape index (κ2) is 5.37. The van der Waals surface area contributed by atoms with Crippen LogP contribution in [0.15, 0.2) is 18.2 Å². The number of carboxylic acids is 3. The number of carboxylic acid groups (broad SMARTS) is 3. The zero-order chi connectivity index (χ0) is 11.6. The van der Waals surface area contributed by atoms with Gasteiger partial charge in [0.1, 0.15) is 0 Å². The molecule has 0 unspecified atom stereocenters. The fourth-order valence-electron chi connectivity index (χ4n) is 0.998. The van der Waals surface area contributed by atoms with E-state index in [0.29, 0.717) is 0 Å². The molecule has 1 aromatic rings. The van der Waals surface area contributed by atoms with E-state index in [9.17, 15) is 14.4 Å². The smallest absolute Gasteiger partial charge is 0.335 e. The van der Waals surface area contributed by atoms with Gasteiger partial charge < -0.3 is 15.3 Å². The molecule has 16 heavy (non-hydrogen) atoms. The van der Waals surface area contributed by atoms with Gasteiger partial charge in [0.05, 0.1) is 16.7 Å². The van der Waals surface area contributed by atoms with Crippen molar-refractivity contribution in [1.82, 2.24) is 0 Å². The minimum atomic E-state index is -1.37. The Labute approximate surface area is 102 Å². The molecule has 0 amide bonds. The zero-order valence-electron chi connectivity index (χ0n) is 8.01. The van der Waals surface area contributed by atoms with Crippen LogP contribution < -0.4 is 0 Å². The van der Waals surface area contributed by atoms with Gasteiger partial charge in [-0.3, -0.25) is 0 Å². The van der Waals surface area contributed by atoms with Gasteiger partial charge in [0, 0.05) is 19.5 Å². The molecule has 1 rings (SSSR count). The zero-order valence-corrected chi connectivity index (χ0v) is 11.0. The SMILES string of the molecule is O=C(O)c1cc(C(=O)O)cc(C(=O)O)c1.[Zn]. The van der Waals surface area contributed by atoms with Crippen molar-refractivity contribution >= 4 is 17.9 Å². The Balaban J connectivity index is 0.00000225. The Kier molecular flexibility index (Phi) is 4.78. The van der Waals surface area contributed by atoms with Gasteiger partial charge >= 0.3 is 17.9 Å². The monoisotopic (exact) mass is 274 g/mol. The van der Waals surface area contributed by atoms with E-state index in [1.165, 1.54) is 0 Å². The van der Waals surface area contributed by atoms with Crippen molar-refractivity contribution in [1.29, 1.82) is 0 Å². The Bertz CT molecular complexity index is 374. The molecule has 0 saturated heterocycles. The first-order valence-corrected chi connectivity index (χ1v) is 3.77. The van der Waals surface area contributed by atoms with Crippen molar-refractivity contribution < 1.29 is 49.2 Å². The minimum Gasteiger partial charge on any atom is -0.478 e. The van der Waals surface area contributed by atoms with Gasteiger partial charge in [0.2, 0.25) is 0 Å². The summed E-state index contributed by atoms with van der Waals surface area (Å²) in [5, 5.41) is 25.8. The number of hydrogen-bond donors (Lipinski definition) is 3. The second-order valence-corrected chi connectivity index (χ2v) is 2.71. The first-order chi connectivity index (χ1) is 6.91. The first-order valence-electron chi connectivity index (χ1n) is 3.77. The van der Waals surface area contributed by atoms with Gasteiger partial charge in [-0.05, 0) is 18.2 Å². The molecule has 0 bridgehead atoms. The van der Waals surface area contributed by atoms with Crippen LogP contribution in [0.5, 0.6) is 0 Å². The summed E-state index contributed by atoms with van der Waals surface area (Å²) in [5.74, 6) is -4.12. The quantitative estimate of drug-likeness (QED) is 0.703. The van der Waals surface area contributed by atoms with E-state index < -0.39 is 17.9 Å². The van der Waals surface area contributed by atoms with Crippen molar-refractivity contribution in [3.8, 4) is 0 Å². The average Bonchev–Trinajstić information content (AvgIpc) is 2.16. The third-order valence-electron chi connectivity index (χ3n) is 1.67. The number of benzene rings is 1. The number of carbonyl (C=O) groups is 3. The van der Waals surface area contributed by atoms with Crippen LogP contribution in [0.1, 0.15) is 31.1 Å². The topological polar surface area (TPSA) is 112 Å². The van der Waals surface area contributed by atoms with Gasteiger partial charge in [-0.1, -0.05) is 0 Å². The van der Waals surface area contributed by atoms with Crippen LogP contribution in [0.3, 0.4) is 0 Å². The summed E-state index contributed by atoms with van der Waals surface area (Å²) in [6.07, 6.45) is 0. The van der Waals surface area contributed by atoms with Crippen LogP contribution in [0.25, 0.3) is 0 Å². The van der Waals surface area contributed by atoms with Gasteiger partial charge in [-0.15, -0.1) is 0 Å². The molecule has 0 aliphatic heterocycles. The summed E-state index contributed by atoms with van der Waals surface area (Å²) in [6, 6.07) is 2.70. The molecule has 1 aromatic carbocycles. The molecule has 0 saturated carbocycles. The molecular formula is C9H6O6Zn. The number of aromatic carboxylic acids is 3. The van der Waals surface area contributed by atoms with Crippen LogP contribution in [-0.2, 0) is 19.5 Å². The third-order valence-corrected chi connectivity index (χ3v) is 1.67. The van der Waals surface area contributed by atoms with Gasteiger partial charge in [-0.25, -0.2) is 14.4 Å². The summed E-state index contributed by atoms with van der Waals surface area (Å²) in [6.45, 7) is 0. The van der Waals surface area contributed by atoms with E-state index in [0.717, 1.165) is 18.2 Å². The van der Waals surface area contributed by atoms with E-state index >= 15 is 0 Å². The van der Waals surface area contributed by atoms with E-state index in [4.69, 9.17) is 15.3 Å². The predicted octanol–water partition coefficient (Wildman–Crippen LogP) is 0.779. The van der Waals surface area contributed by atoms with Gasteiger partial charge in [0.25, 0.3) is 0 Å². The molecule has 0 aromatic heterocycles. The van der Waals surface area contributed by atoms with Crippen molar-refractivity contribution in [3.05, 3.63) is 34.9 Å². The molecule has 0 spiro atoms. The van der Waals surface area contributed by atoms with Crippen LogP contribution in [0, 0.1) is 0 Å². The van der Waals surface area contributed by atoms with E-state index in [-0.39, 0.29) is 36.2 Å². The molecule has 80 valence electrons. The molecule has 6 nitrogen and oxygen atoms in total. The van der Waals surface area contributed by atoms with E-state index in [2.05, 4.69) is 0 Å². The Morgan fingerprint density at radius 2 is 0.875 bits per heavy atom. The van der Waals surface area contributed by atoms with Crippen molar-refractivity contribution in [2.24, 2.45) is 0 Å². The van der Waals surface area contributed by atoms with Crippen LogP contribution >= 0.6 is 0 Å². The van der Waals surface area contributed by atoms with E-state index in [1.807, 2.05) is 0 Å². The Morgan fingerprint density at radius 3 is 1.00 bits per heavy atom. The fourth-order valence-corrected chi connectivity index (χ4v) is 0.998. The maximum absolute atomic E-state index is 10.6. The summed E-state index contributed by atoms with van der Waals surface area (Å²) in [4.78, 5) is 31.7. The van der Waals surface area contributed by atoms with E-state index in [1.54, 1.807) is 0 Å². The number of rotatable bonds is 3. The summed E-state index contributed by atoms with van der Waals surface area (Å²) in [7, 11) is 0. The molecular weight excluding hydrogens is 269 g/mol. The predicted molar refractivity (Wildman–Crippen MR) is 47.3 cm³/mol. The summed E-state index contributed by atoms with van der Waals surface area (Å²) < 4.78 is 0. The maximum Gasteiger partial charge on any atom is 0.335 e. The average molecular weight is 276 g/mol. The molecule has 3 N–H and O–H groups in total. The largest absolute Gasteiger partial charge is 0.478 e. The van der Waals surface area contributed by atoms with Gasteiger partial charge in [0.15, 0.2) is 0 Å². The van der Waals surface area contributed by atoms with Crippen molar-refractivity contribution in [3.63, 3.8) is 0 Å². The molecule has 0 aliphatic carbocycles. The molecule has 0 aliphatic rings. The Morgan fingerprint density at radius 1 is 0.688 bits per heavy atom. The fraction of sp³-hybridized carbons (Fsp3) is 0. The Hall–Kier alpha value is -1.75. The third kappa shape index (κ3) is 3.13. The standard InChI is InChI=1S/C9H6O6.Zn/c10-7(11)4-1-5(8(12)13)3-6(2-4)9(14)15;/h1-3H,(H,10,11)(H,12,13)(H,14,15);. The summed E-state index contributed by atoms with van der Waals surface area (Å²) in [5.41, 5.74) is -1.10. The van der Waals surface area contributed by atoms with Crippen LogP contribution in [0.4, 0.5) is 0 Å². The molecule has 0 atom stereocenters. The number of hydrogen-bond acceptors (Lipinski definition) is 3. The normalized spacial score (nSPS) is 9.00. The molecule has 0 fully saturated rings. The molecule has 0 radical (unpaired) electrons. The van der Waals surface area contributed by atoms with Crippen molar-refractivity contribution in [2.75, 3.05) is 0 Å². The summed E-state index contributed by atoms with van der Waals surface area (Å²) >= 11 is 0. The van der Waals surface area contributed by atoms with Gasteiger partial charge in [-0.2, -0.15) is 0 Å². The van der Waals surface area contributed by atoms with Crippen molar-refractivity contribution in [2.45, 2.75) is 0 Å². The molecule has 7 heteroatoms. The molecule has 0 heterocycles. The minimum absolute atomic E-state index is 0. The first kappa shape index (κ1) is 14.3. The maximum atomic E-state index is 10.6. The second-order valence-electron chi connectivity index (χ2n) is 2.71. The van der Waals surface area contributed by atoms with Crippen LogP contribution in [0.2, 0.25) is 0 Å². The van der Waals surface area contributed by atoms with Crippen LogP contribution in [-0.4, -0.2) is 33.2 Å².